The predicted molar refractivity (Wildman–Crippen MR) is 340 cm³/mol. The van der Waals surface area contributed by atoms with Crippen LogP contribution in [0.2, 0.25) is 0 Å². The van der Waals surface area contributed by atoms with Gasteiger partial charge in [-0.2, -0.15) is 0 Å². The number of sulfone groups is 2. The fourth-order valence-electron chi connectivity index (χ4n) is 10.8. The van der Waals surface area contributed by atoms with Crippen LogP contribution < -0.4 is 18.9 Å². The maximum Gasteiger partial charge on any atom is 0.504 e. The van der Waals surface area contributed by atoms with Crippen molar-refractivity contribution in [3.63, 3.8) is 0 Å². The summed E-state index contributed by atoms with van der Waals surface area (Å²) in [5.74, 6) is 1.29. The molecule has 4 aromatic rings. The van der Waals surface area contributed by atoms with Gasteiger partial charge < -0.3 is 24.5 Å². The van der Waals surface area contributed by atoms with E-state index in [0.717, 1.165) is 64.2 Å². The molecular weight excluding hydrogens is 1050 g/mol. The quantitative estimate of drug-likeness (QED) is 0.0140. The standard InChI is InChI=1S/C69H110N2O8S2/c1-5-9-13-17-21-25-29-33-37-41-49-76-63-47-45-59-57-67(65(55-61(59)53-63)78-51-43-39-35-31-27-23-19-15-11-7-3)80(72,73)69(71-70)81(74,75)68-58-60-46-48-64(77-50-42-38-34-30-26-22-18-14-10-6-2)54-62(60)56-66(68)79-52-44-40-36-32-28-24-20-16-12-8-4/h45-48,53-58H,5-44,49-52H2,1-4H3. The van der Waals surface area contributed by atoms with Crippen molar-refractivity contribution in [3.05, 3.63) is 66.2 Å². The number of unbranched alkanes of at least 4 members (excludes halogenated alkanes) is 36. The smallest absolute Gasteiger partial charge is 0.494 e. The van der Waals surface area contributed by atoms with E-state index in [1.165, 1.54) is 192 Å². The zero-order valence-electron chi connectivity index (χ0n) is 51.4. The summed E-state index contributed by atoms with van der Waals surface area (Å²) < 4.78 is 83.8. The Balaban J connectivity index is 1.56. The second-order valence-corrected chi connectivity index (χ2v) is 27.0. The molecule has 0 heterocycles. The Kier molecular flexibility index (Phi) is 36.5. The Morgan fingerprint density at radius 2 is 0.568 bits per heavy atom. The van der Waals surface area contributed by atoms with Crippen molar-refractivity contribution in [1.29, 1.82) is 0 Å². The molecule has 0 fully saturated rings. The van der Waals surface area contributed by atoms with E-state index in [9.17, 15) is 5.53 Å². The number of hydrogen-bond acceptors (Lipinski definition) is 8. The fraction of sp³-hybridized carbons (Fsp3) is 0.696. The van der Waals surface area contributed by atoms with E-state index in [-0.39, 0.29) is 24.7 Å². The van der Waals surface area contributed by atoms with Crippen LogP contribution in [0.1, 0.15) is 285 Å². The third-order valence-corrected chi connectivity index (χ3v) is 20.1. The minimum atomic E-state index is -5.06. The largest absolute Gasteiger partial charge is 0.504 e. The van der Waals surface area contributed by atoms with Crippen molar-refractivity contribution in [3.8, 4) is 23.0 Å². The molecule has 0 unspecified atom stereocenters. The molecule has 12 heteroatoms. The van der Waals surface area contributed by atoms with Crippen molar-refractivity contribution >= 4 is 45.6 Å². The lowest BCUT2D eigenvalue weighted by atomic mass is 10.1. The predicted octanol–water partition coefficient (Wildman–Crippen LogP) is 21.0. The molecule has 0 radical (unpaired) electrons. The van der Waals surface area contributed by atoms with Crippen molar-refractivity contribution in [2.75, 3.05) is 26.4 Å². The Labute approximate surface area is 493 Å². The first-order valence-electron chi connectivity index (χ1n) is 33.0. The normalized spacial score (nSPS) is 11.9. The van der Waals surface area contributed by atoms with Gasteiger partial charge in [-0.3, -0.25) is 0 Å². The highest BCUT2D eigenvalue weighted by Crippen LogP contribution is 2.38. The average Bonchev–Trinajstić information content (AvgIpc) is 3.47. The molecule has 0 aliphatic heterocycles. The number of fused-ring (bicyclic) bond motifs is 2. The van der Waals surface area contributed by atoms with E-state index in [4.69, 9.17) is 18.9 Å². The molecule has 0 bridgehead atoms. The molecule has 0 saturated carbocycles. The number of benzene rings is 4. The summed E-state index contributed by atoms with van der Waals surface area (Å²) in [6.07, 6.45) is 47.1. The van der Waals surface area contributed by atoms with Gasteiger partial charge in [-0.15, -0.1) is 4.79 Å². The van der Waals surface area contributed by atoms with E-state index >= 15 is 16.8 Å². The van der Waals surface area contributed by atoms with Crippen molar-refractivity contribution in [2.45, 2.75) is 294 Å². The molecule has 0 saturated heterocycles. The number of hydrogen-bond donors (Lipinski definition) is 0. The summed E-state index contributed by atoms with van der Waals surface area (Å²) in [5.41, 5.74) is 10.7. The highest BCUT2D eigenvalue weighted by molar-refractivity contribution is 8.31. The van der Waals surface area contributed by atoms with Crippen LogP contribution in [0, 0.1) is 0 Å². The topological polar surface area (TPSA) is 142 Å². The lowest BCUT2D eigenvalue weighted by Gasteiger charge is -2.15. The fourth-order valence-corrected chi connectivity index (χ4v) is 14.5. The second kappa shape index (κ2) is 42.6. The van der Waals surface area contributed by atoms with Crippen LogP contribution in [0.25, 0.3) is 27.1 Å². The van der Waals surface area contributed by atoms with Gasteiger partial charge in [-0.1, -0.05) is 271 Å². The molecule has 4 aromatic carbocycles. The first kappa shape index (κ1) is 69.4. The molecule has 4 rings (SSSR count). The van der Waals surface area contributed by atoms with E-state index in [1.54, 1.807) is 36.4 Å². The lowest BCUT2D eigenvalue weighted by Crippen LogP contribution is -2.27. The van der Waals surface area contributed by atoms with Gasteiger partial charge in [0.25, 0.3) is 19.7 Å². The van der Waals surface area contributed by atoms with E-state index in [1.807, 2.05) is 12.1 Å². The van der Waals surface area contributed by atoms with Gasteiger partial charge in [0.2, 0.25) is 0 Å². The Bertz CT molecular complexity index is 2420. The first-order valence-corrected chi connectivity index (χ1v) is 36.0. The summed E-state index contributed by atoms with van der Waals surface area (Å²) >= 11 is 0. The zero-order valence-corrected chi connectivity index (χ0v) is 53.0. The van der Waals surface area contributed by atoms with Crippen molar-refractivity contribution in [1.82, 2.24) is 0 Å². The third kappa shape index (κ3) is 27.0. The van der Waals surface area contributed by atoms with Gasteiger partial charge in [0.15, 0.2) is 0 Å². The molecule has 456 valence electrons. The van der Waals surface area contributed by atoms with E-state index in [0.29, 0.717) is 59.1 Å². The molecule has 0 atom stereocenters. The monoisotopic (exact) mass is 1160 g/mol. The third-order valence-electron chi connectivity index (χ3n) is 15.9. The molecule has 0 spiro atoms. The summed E-state index contributed by atoms with van der Waals surface area (Å²) in [6.45, 7) is 10.5. The average molecular weight is 1160 g/mol. The van der Waals surface area contributed by atoms with Gasteiger partial charge in [0.05, 0.1) is 26.4 Å². The molecule has 81 heavy (non-hydrogen) atoms. The second-order valence-electron chi connectivity index (χ2n) is 23.1. The summed E-state index contributed by atoms with van der Waals surface area (Å²) in [7, 11) is -10.1. The van der Waals surface area contributed by atoms with Gasteiger partial charge in [-0.25, -0.2) is 16.8 Å². The van der Waals surface area contributed by atoms with E-state index < -0.39 is 33.8 Å². The molecule has 0 aliphatic rings. The van der Waals surface area contributed by atoms with Crippen LogP contribution >= 0.6 is 0 Å². The summed E-state index contributed by atoms with van der Waals surface area (Å²) in [6, 6.07) is 17.0. The maximum atomic E-state index is 15.0. The van der Waals surface area contributed by atoms with Crippen molar-refractivity contribution in [2.24, 2.45) is 0 Å². The highest BCUT2D eigenvalue weighted by Gasteiger charge is 2.47. The molecular formula is C69H110N2O8S2. The van der Waals surface area contributed by atoms with Crippen LogP contribution in [-0.2, 0) is 19.7 Å². The van der Waals surface area contributed by atoms with Crippen LogP contribution in [0.4, 0.5) is 0 Å². The van der Waals surface area contributed by atoms with Gasteiger partial charge in [0, 0.05) is 0 Å². The number of ether oxygens (including phenoxy) is 4. The summed E-state index contributed by atoms with van der Waals surface area (Å²) in [5, 5.41) is 2.44. The highest BCUT2D eigenvalue weighted by atomic mass is 32.3. The molecule has 0 amide bonds. The molecule has 0 N–H and O–H groups in total. The SMILES string of the molecule is CCCCCCCCCCCCOc1ccc2cc(S(=O)(=O)C(=[N+]=[N-])S(=O)(=O)c3cc4ccc(OCCCCCCCCCCCC)cc4cc3OCCCCCCCCCCCC)c(OCCCCCCCCCCCC)cc2c1. The Morgan fingerprint density at radius 3 is 0.827 bits per heavy atom. The van der Waals surface area contributed by atoms with Crippen LogP contribution in [0.3, 0.4) is 0 Å². The minimum Gasteiger partial charge on any atom is -0.494 e. The van der Waals surface area contributed by atoms with Gasteiger partial charge in [0.1, 0.15) is 32.8 Å². The van der Waals surface area contributed by atoms with Crippen LogP contribution in [0.15, 0.2) is 70.5 Å². The van der Waals surface area contributed by atoms with Crippen molar-refractivity contribution < 1.29 is 40.6 Å². The number of nitrogens with zero attached hydrogens (tertiary/aromatic N) is 2. The zero-order chi connectivity index (χ0) is 58.1. The Hall–Kier alpha value is -4.12. The summed E-state index contributed by atoms with van der Waals surface area (Å²) in [4.78, 5) is 2.34. The molecule has 10 nitrogen and oxygen atoms in total. The number of rotatable bonds is 50. The van der Waals surface area contributed by atoms with Gasteiger partial charge >= 0.3 is 4.38 Å². The van der Waals surface area contributed by atoms with Crippen LogP contribution in [-0.4, -0.2) is 52.4 Å². The maximum absolute atomic E-state index is 15.0. The van der Waals surface area contributed by atoms with Crippen LogP contribution in [0.5, 0.6) is 23.0 Å². The Morgan fingerprint density at radius 1 is 0.321 bits per heavy atom. The minimum absolute atomic E-state index is 0.0112. The van der Waals surface area contributed by atoms with Gasteiger partial charge in [-0.05, 0) is 95.8 Å². The molecule has 0 aromatic heterocycles. The van der Waals surface area contributed by atoms with E-state index in [2.05, 4.69) is 32.5 Å². The first-order chi connectivity index (χ1) is 39.6. The lowest BCUT2D eigenvalue weighted by molar-refractivity contribution is 0.00377. The molecule has 0 aliphatic carbocycles.